The molecule has 4 saturated heterocycles. The maximum Gasteiger partial charge on any atom is 0.488 e. The number of thiol groups is 1. The molecule has 2 aromatic heterocycles. The van der Waals surface area contributed by atoms with Gasteiger partial charge < -0.3 is 49.0 Å². The molecule has 0 saturated carbocycles. The molecule has 0 bridgehead atoms. The second-order valence-corrected chi connectivity index (χ2v) is 23.9. The number of thioether (sulfide) groups is 1. The number of fused-ring (bicyclic) bond motifs is 2. The monoisotopic (exact) mass is 1130 g/mol. The number of aromatic hydroxyl groups is 2. The number of likely N-dealkylation sites (tertiary alicyclic amines) is 2. The number of phenolic OH excluding ortho intramolecular Hbond substituents is 2. The topological polar surface area (TPSA) is 194 Å². The number of halogens is 2. The Balaban J connectivity index is 0.000000169. The van der Waals surface area contributed by atoms with E-state index in [2.05, 4.69) is 45.8 Å². The van der Waals surface area contributed by atoms with Crippen LogP contribution in [0.5, 0.6) is 11.5 Å². The Labute approximate surface area is 456 Å². The fourth-order valence-corrected chi connectivity index (χ4v) is 10.8. The highest BCUT2D eigenvalue weighted by atomic mass is 79.9. The van der Waals surface area contributed by atoms with E-state index in [4.69, 9.17) is 39.2 Å². The van der Waals surface area contributed by atoms with Crippen LogP contribution in [0.4, 0.5) is 14.0 Å². The highest BCUT2D eigenvalue weighted by Crippen LogP contribution is 2.40. The largest absolute Gasteiger partial charge is 0.508 e. The van der Waals surface area contributed by atoms with E-state index >= 15 is 0 Å². The van der Waals surface area contributed by atoms with Gasteiger partial charge in [0.25, 0.3) is 0 Å². The van der Waals surface area contributed by atoms with Gasteiger partial charge in [-0.2, -0.15) is 22.8 Å². The zero-order valence-electron chi connectivity index (χ0n) is 43.4. The Kier molecular flexibility index (Phi) is 19.9. The molecule has 2 amide bonds. The van der Waals surface area contributed by atoms with Crippen molar-refractivity contribution in [3.8, 4) is 22.6 Å². The van der Waals surface area contributed by atoms with Crippen molar-refractivity contribution in [1.82, 2.24) is 29.4 Å². The summed E-state index contributed by atoms with van der Waals surface area (Å²) in [5.74, 6) is 0.110. The molecule has 2 unspecified atom stereocenters. The van der Waals surface area contributed by atoms with Crippen LogP contribution in [0.2, 0.25) is 0 Å². The van der Waals surface area contributed by atoms with E-state index in [1.54, 1.807) is 39.7 Å². The number of benzene rings is 4. The number of carbonyl (C=O) groups excluding carboxylic acids is 2. The van der Waals surface area contributed by atoms with Crippen molar-refractivity contribution in [2.75, 3.05) is 39.4 Å². The van der Waals surface area contributed by atoms with Crippen molar-refractivity contribution in [1.29, 1.82) is 0 Å². The summed E-state index contributed by atoms with van der Waals surface area (Å²) in [6.45, 7) is 15.6. The molecule has 0 radical (unpaired) electrons. The number of carbonyl (C=O) groups is 2. The maximum atomic E-state index is 13.7. The van der Waals surface area contributed by atoms with Crippen LogP contribution < -0.4 is 5.46 Å². The molecule has 4 aliphatic rings. The number of hydrogen-bond acceptors (Lipinski definition) is 14. The molecule has 4 fully saturated rings. The Morgan fingerprint density at radius 3 is 1.73 bits per heavy atom. The minimum absolute atomic E-state index is 0.0525. The van der Waals surface area contributed by atoms with Crippen LogP contribution >= 0.6 is 40.3 Å². The number of rotatable bonds is 6. The third kappa shape index (κ3) is 16.5. The molecule has 6 heterocycles. The highest BCUT2D eigenvalue weighted by Gasteiger charge is 2.32. The van der Waals surface area contributed by atoms with Crippen LogP contribution in [0.15, 0.2) is 94.6 Å². The van der Waals surface area contributed by atoms with Gasteiger partial charge in [-0.1, -0.05) is 40.2 Å². The number of aromatic nitrogens is 4. The molecule has 10 rings (SSSR count). The lowest BCUT2D eigenvalue weighted by Crippen LogP contribution is -2.35. The number of ether oxygens (including phenoxy) is 4. The predicted molar refractivity (Wildman–Crippen MR) is 297 cm³/mol. The van der Waals surface area contributed by atoms with Crippen LogP contribution in [0, 0.1) is 5.82 Å². The zero-order chi connectivity index (χ0) is 54.0. The zero-order valence-corrected chi connectivity index (χ0v) is 46.7. The average molecular weight is 1140 g/mol. The van der Waals surface area contributed by atoms with Crippen LogP contribution in [-0.2, 0) is 18.9 Å². The number of nitrogens with zero attached hydrogens (tertiary/aromatic N) is 6. The summed E-state index contributed by atoms with van der Waals surface area (Å²) in [6, 6.07) is 20.7. The summed E-state index contributed by atoms with van der Waals surface area (Å²) in [5.41, 5.74) is 3.41. The second-order valence-electron chi connectivity index (χ2n) is 20.9. The minimum atomic E-state index is -1.46. The van der Waals surface area contributed by atoms with Crippen LogP contribution in [0.25, 0.3) is 32.9 Å². The van der Waals surface area contributed by atoms with E-state index in [-0.39, 0.29) is 47.2 Å². The van der Waals surface area contributed by atoms with E-state index in [1.807, 2.05) is 75.5 Å². The predicted octanol–water partition coefficient (Wildman–Crippen LogP) is 10.8. The Bertz CT molecular complexity index is 2830. The molecule has 21 heteroatoms. The van der Waals surface area contributed by atoms with E-state index in [9.17, 15) is 19.1 Å². The van der Waals surface area contributed by atoms with Crippen molar-refractivity contribution >= 4 is 86.9 Å². The molecule has 16 nitrogen and oxygen atoms in total. The third-order valence-corrected chi connectivity index (χ3v) is 14.7. The molecular weight excluding hydrogens is 1070 g/mol. The summed E-state index contributed by atoms with van der Waals surface area (Å²) in [6.07, 6.45) is 11.1. The van der Waals surface area contributed by atoms with Gasteiger partial charge in [-0.25, -0.2) is 23.3 Å². The molecule has 4 atom stereocenters. The first-order valence-electron chi connectivity index (χ1n) is 25.4. The quantitative estimate of drug-likeness (QED) is 0.0782. The third-order valence-electron chi connectivity index (χ3n) is 12.5. The molecular formula is C54H69BBrFN6O10S2. The van der Waals surface area contributed by atoms with Crippen molar-refractivity contribution < 1.29 is 53.2 Å². The molecule has 6 aromatic rings. The van der Waals surface area contributed by atoms with Crippen molar-refractivity contribution in [2.45, 2.75) is 132 Å². The number of hydrogen-bond donors (Lipinski definition) is 5. The summed E-state index contributed by atoms with van der Waals surface area (Å²) in [5, 5.41) is 46.9. The summed E-state index contributed by atoms with van der Waals surface area (Å²) in [7, 11) is -1.46. The molecule has 4 aromatic carbocycles. The first-order valence-corrected chi connectivity index (χ1v) is 27.6. The summed E-state index contributed by atoms with van der Waals surface area (Å²) >= 11 is 9.41. The minimum Gasteiger partial charge on any atom is -0.508 e. The van der Waals surface area contributed by atoms with Crippen molar-refractivity contribution in [2.24, 2.45) is 0 Å². The molecule has 404 valence electrons. The van der Waals surface area contributed by atoms with E-state index in [0.717, 1.165) is 108 Å². The second kappa shape index (κ2) is 25.9. The fourth-order valence-electron chi connectivity index (χ4n) is 8.77. The Morgan fingerprint density at radius 1 is 0.707 bits per heavy atom. The fraction of sp³-hybridized carbons (Fsp3) is 0.481. The lowest BCUT2D eigenvalue weighted by molar-refractivity contribution is -0.0367. The maximum absolute atomic E-state index is 13.7. The normalized spacial score (nSPS) is 19.8. The van der Waals surface area contributed by atoms with Crippen molar-refractivity contribution in [3.63, 3.8) is 0 Å². The van der Waals surface area contributed by atoms with Gasteiger partial charge in [-0.15, -0.1) is 11.8 Å². The standard InChI is InChI=1S/C27H33N3O4S.C12H12BrFN2O.C9H17NO2S.C6H7BO3/c1-27(2,3)34-26(32)29-12-11-21(17-29)35-24-15-19(18-7-9-20(31)10-8-18)14-23-22(24)16-28-30(23)25-6-4-5-13-33-25;13-8-5-10(14)9-7-15-16(11(9)6-8)12-3-1-2-4-17-12;1-9(2,3)12-8(11)10-5-4-7(13)6-10;8-6-3-1-5(2-4-6)7(9)10/h7-10,14-16,21,25,31H,4-6,11-13,17H2,1-3H3;5-7,12H,1-4H2;7,13H,4-6H2,1-3H3;1-4,8-10H/t21-,25?;;7-;/m0.0./s1. The molecule has 4 N–H and O–H groups in total. The van der Waals surface area contributed by atoms with Crippen LogP contribution in [0.1, 0.15) is 105 Å². The smallest absolute Gasteiger partial charge is 0.488 e. The highest BCUT2D eigenvalue weighted by molar-refractivity contribution is 9.10. The van der Waals surface area contributed by atoms with E-state index in [0.29, 0.717) is 35.7 Å². The lowest BCUT2D eigenvalue weighted by atomic mass is 9.80. The van der Waals surface area contributed by atoms with Gasteiger partial charge in [0.15, 0.2) is 12.5 Å². The summed E-state index contributed by atoms with van der Waals surface area (Å²) in [4.78, 5) is 28.7. The molecule has 0 aliphatic carbocycles. The van der Waals surface area contributed by atoms with Crippen LogP contribution in [-0.4, -0.2) is 130 Å². The summed E-state index contributed by atoms with van der Waals surface area (Å²) < 4.78 is 40.7. The van der Waals surface area contributed by atoms with Gasteiger partial charge in [0.1, 0.15) is 28.5 Å². The molecule has 0 spiro atoms. The van der Waals surface area contributed by atoms with Crippen molar-refractivity contribution in [3.05, 3.63) is 95.5 Å². The number of phenols is 2. The first-order chi connectivity index (χ1) is 35.6. The number of amides is 2. The van der Waals surface area contributed by atoms with Gasteiger partial charge in [-0.05, 0) is 158 Å². The van der Waals surface area contributed by atoms with Gasteiger partial charge in [0.05, 0.1) is 28.8 Å². The first kappa shape index (κ1) is 57.7. The van der Waals surface area contributed by atoms with Crippen LogP contribution in [0.3, 0.4) is 0 Å². The lowest BCUT2D eigenvalue weighted by Gasteiger charge is -2.24. The SMILES string of the molecule is CC(C)(C)OC(=O)N1CC[C@H](S)C1.CC(C)(C)OC(=O)N1CC[C@H](Sc2cc(-c3ccc(O)cc3)cc3c2cnn3C2CCCCO2)C1.Fc1cc(Br)cc2c1cnn2C1CCCCO1.OB(O)c1ccc(O)cc1. The molecule has 4 aliphatic heterocycles. The molecule has 75 heavy (non-hydrogen) atoms. The van der Waals surface area contributed by atoms with Gasteiger partial charge in [0.2, 0.25) is 0 Å². The van der Waals surface area contributed by atoms with E-state index < -0.39 is 18.3 Å². The van der Waals surface area contributed by atoms with Gasteiger partial charge >= 0.3 is 19.3 Å². The van der Waals surface area contributed by atoms with E-state index in [1.165, 1.54) is 30.3 Å². The van der Waals surface area contributed by atoms with Gasteiger partial charge in [-0.3, -0.25) is 0 Å². The average Bonchev–Trinajstić information content (AvgIpc) is 4.20. The Hall–Kier alpha value is -5.03. The van der Waals surface area contributed by atoms with Gasteiger partial charge in [0, 0.05) is 64.6 Å². The Morgan fingerprint density at radius 2 is 1.23 bits per heavy atom.